The van der Waals surface area contributed by atoms with Gasteiger partial charge in [-0.1, -0.05) is 18.2 Å². The van der Waals surface area contributed by atoms with Crippen molar-refractivity contribution in [1.29, 1.82) is 0 Å². The molecule has 3 rings (SSSR count). The van der Waals surface area contributed by atoms with Gasteiger partial charge in [0.1, 0.15) is 11.1 Å². The number of carboxylic acids is 1. The van der Waals surface area contributed by atoms with E-state index >= 15 is 0 Å². The quantitative estimate of drug-likeness (QED) is 0.895. The van der Waals surface area contributed by atoms with Crippen LogP contribution in [0.2, 0.25) is 0 Å². The standard InChI is InChI=1S/C15H11NO4S/c17-15(18)12-5-3-6-13(10-12)21(19,20)16-9-8-11-4-1-2-7-14(11)16/h1-10H,(H,17,18)/p+1. The molecule has 0 fully saturated rings. The lowest BCUT2D eigenvalue weighted by Crippen LogP contribution is -3.03. The van der Waals surface area contributed by atoms with Crippen molar-refractivity contribution < 1.29 is 22.6 Å². The first-order valence-corrected chi connectivity index (χ1v) is 7.71. The minimum absolute atomic E-state index is 0.0150. The minimum atomic E-state index is -3.74. The number of aromatic carboxylic acids is 1. The molecule has 2 aromatic rings. The van der Waals surface area contributed by atoms with E-state index in [1.165, 1.54) is 24.3 Å². The third kappa shape index (κ3) is 2.24. The summed E-state index contributed by atoms with van der Waals surface area (Å²) in [6.07, 6.45) is 3.29. The van der Waals surface area contributed by atoms with Crippen molar-refractivity contribution in [2.45, 2.75) is 4.90 Å². The molecular weight excluding hydrogens is 290 g/mol. The lowest BCUT2D eigenvalue weighted by atomic mass is 10.2. The molecule has 0 aromatic heterocycles. The number of nitrogens with one attached hydrogen (secondary N) is 1. The van der Waals surface area contributed by atoms with E-state index in [0.29, 0.717) is 5.69 Å². The molecule has 0 amide bonds. The second kappa shape index (κ2) is 4.83. The molecule has 0 saturated carbocycles. The Balaban J connectivity index is 2.09. The molecule has 0 saturated heterocycles. The van der Waals surface area contributed by atoms with Gasteiger partial charge in [0.05, 0.1) is 5.56 Å². The summed E-state index contributed by atoms with van der Waals surface area (Å²) in [6, 6.07) is 12.6. The number of hydrogen-bond acceptors (Lipinski definition) is 3. The maximum absolute atomic E-state index is 12.7. The lowest BCUT2D eigenvalue weighted by molar-refractivity contribution is -0.619. The Labute approximate surface area is 121 Å². The van der Waals surface area contributed by atoms with Crippen molar-refractivity contribution >= 4 is 27.8 Å². The Morgan fingerprint density at radius 1 is 1.05 bits per heavy atom. The van der Waals surface area contributed by atoms with Crippen LogP contribution in [0.15, 0.2) is 59.6 Å². The number of hydrogen-bond donors (Lipinski definition) is 2. The molecule has 6 heteroatoms. The molecular formula is C15H12NO4S+. The normalized spacial score (nSPS) is 16.7. The van der Waals surface area contributed by atoms with E-state index in [1.54, 1.807) is 24.4 Å². The average Bonchev–Trinajstić information content (AvgIpc) is 2.92. The topological polar surface area (TPSA) is 75.9 Å². The van der Waals surface area contributed by atoms with Crippen molar-refractivity contribution in [1.82, 2.24) is 0 Å². The zero-order valence-electron chi connectivity index (χ0n) is 10.9. The number of carbonyl (C=O) groups is 1. The van der Waals surface area contributed by atoms with Crippen LogP contribution in [0.1, 0.15) is 15.9 Å². The van der Waals surface area contributed by atoms with Crippen molar-refractivity contribution in [3.8, 4) is 0 Å². The minimum Gasteiger partial charge on any atom is -0.478 e. The van der Waals surface area contributed by atoms with E-state index in [1.807, 2.05) is 12.1 Å². The van der Waals surface area contributed by atoms with Gasteiger partial charge in [-0.15, -0.1) is 0 Å². The Bertz CT molecular complexity index is 855. The third-order valence-corrected chi connectivity index (χ3v) is 5.13. The van der Waals surface area contributed by atoms with E-state index in [0.717, 1.165) is 5.56 Å². The molecule has 0 spiro atoms. The second-order valence-electron chi connectivity index (χ2n) is 4.62. The van der Waals surface area contributed by atoms with Crippen molar-refractivity contribution in [3.05, 3.63) is 65.9 Å². The molecule has 1 atom stereocenters. The van der Waals surface area contributed by atoms with Gasteiger partial charge in [0.15, 0.2) is 5.69 Å². The first-order valence-electron chi connectivity index (χ1n) is 6.23. The molecule has 2 aromatic carbocycles. The summed E-state index contributed by atoms with van der Waals surface area (Å²) in [7, 11) is -3.74. The van der Waals surface area contributed by atoms with Gasteiger partial charge in [-0.3, -0.25) is 0 Å². The van der Waals surface area contributed by atoms with Gasteiger partial charge < -0.3 is 5.11 Å². The van der Waals surface area contributed by atoms with E-state index in [4.69, 9.17) is 5.11 Å². The van der Waals surface area contributed by atoms with Gasteiger partial charge in [0, 0.05) is 17.7 Å². The van der Waals surface area contributed by atoms with Crippen LogP contribution in [0.5, 0.6) is 0 Å². The Hall–Kier alpha value is -2.44. The number of benzene rings is 2. The van der Waals surface area contributed by atoms with Gasteiger partial charge in [0.25, 0.3) is 0 Å². The van der Waals surface area contributed by atoms with Gasteiger partial charge in [-0.2, -0.15) is 12.7 Å². The van der Waals surface area contributed by atoms with Gasteiger partial charge in [-0.05, 0) is 24.3 Å². The van der Waals surface area contributed by atoms with E-state index in [-0.39, 0.29) is 14.8 Å². The first kappa shape index (κ1) is 13.5. The van der Waals surface area contributed by atoms with Crippen molar-refractivity contribution in [2.75, 3.05) is 0 Å². The van der Waals surface area contributed by atoms with Gasteiger partial charge in [-0.25, -0.2) is 4.79 Å². The summed E-state index contributed by atoms with van der Waals surface area (Å²) in [4.78, 5) is 11.0. The van der Waals surface area contributed by atoms with Crippen LogP contribution in [-0.4, -0.2) is 19.5 Å². The number of carboxylic acid groups (broad SMARTS) is 1. The van der Waals surface area contributed by atoms with Crippen molar-refractivity contribution in [3.63, 3.8) is 0 Å². The summed E-state index contributed by atoms with van der Waals surface area (Å²) >= 11 is 0. The van der Waals surface area contributed by atoms with Crippen LogP contribution in [0, 0.1) is 0 Å². The summed E-state index contributed by atoms with van der Waals surface area (Å²) < 4.78 is 25.6. The molecule has 0 bridgehead atoms. The predicted molar refractivity (Wildman–Crippen MR) is 76.7 cm³/mol. The maximum Gasteiger partial charge on any atom is 0.335 e. The fourth-order valence-electron chi connectivity index (χ4n) is 2.28. The number of quaternary nitrogens is 1. The maximum atomic E-state index is 12.7. The van der Waals surface area contributed by atoms with Crippen LogP contribution >= 0.6 is 0 Å². The molecule has 106 valence electrons. The van der Waals surface area contributed by atoms with Crippen LogP contribution in [-0.2, 0) is 10.0 Å². The highest BCUT2D eigenvalue weighted by Crippen LogP contribution is 2.19. The molecule has 0 aliphatic carbocycles. The second-order valence-corrected chi connectivity index (χ2v) is 6.54. The van der Waals surface area contributed by atoms with Crippen LogP contribution < -0.4 is 4.31 Å². The molecule has 1 unspecified atom stereocenters. The Kier molecular flexibility index (Phi) is 3.12. The van der Waals surface area contributed by atoms with Crippen molar-refractivity contribution in [2.24, 2.45) is 0 Å². The molecule has 21 heavy (non-hydrogen) atoms. The monoisotopic (exact) mass is 302 g/mol. The summed E-state index contributed by atoms with van der Waals surface area (Å²) in [6.45, 7) is 0. The summed E-state index contributed by atoms with van der Waals surface area (Å²) in [5.41, 5.74) is 1.43. The molecule has 1 aliphatic rings. The highest BCUT2D eigenvalue weighted by atomic mass is 32.2. The average molecular weight is 302 g/mol. The van der Waals surface area contributed by atoms with E-state index < -0.39 is 16.0 Å². The predicted octanol–water partition coefficient (Wildman–Crippen LogP) is 1.27. The number of para-hydroxylation sites is 1. The zero-order valence-corrected chi connectivity index (χ0v) is 11.7. The SMILES string of the molecule is O=C(O)c1cccc(S(=O)(=O)[NH+]2C=Cc3ccccc32)c1. The fourth-order valence-corrected chi connectivity index (χ4v) is 3.80. The van der Waals surface area contributed by atoms with Crippen LogP contribution in [0.3, 0.4) is 0 Å². The largest absolute Gasteiger partial charge is 0.478 e. The molecule has 5 nitrogen and oxygen atoms in total. The molecule has 1 aliphatic heterocycles. The highest BCUT2D eigenvalue weighted by Gasteiger charge is 2.33. The van der Waals surface area contributed by atoms with Gasteiger partial charge in [0.2, 0.25) is 0 Å². The van der Waals surface area contributed by atoms with Crippen LogP contribution in [0.4, 0.5) is 5.69 Å². The Morgan fingerprint density at radius 2 is 1.81 bits per heavy atom. The first-order chi connectivity index (χ1) is 10.00. The molecule has 1 heterocycles. The molecule has 0 radical (unpaired) electrons. The highest BCUT2D eigenvalue weighted by molar-refractivity contribution is 7.85. The number of rotatable bonds is 3. The van der Waals surface area contributed by atoms with E-state index in [9.17, 15) is 13.2 Å². The number of fused-ring (bicyclic) bond motifs is 1. The zero-order chi connectivity index (χ0) is 15.0. The Morgan fingerprint density at radius 3 is 2.57 bits per heavy atom. The third-order valence-electron chi connectivity index (χ3n) is 3.32. The number of sulfonamides is 1. The van der Waals surface area contributed by atoms with E-state index in [2.05, 4.69) is 0 Å². The van der Waals surface area contributed by atoms with Gasteiger partial charge >= 0.3 is 16.0 Å². The summed E-state index contributed by atoms with van der Waals surface area (Å²) in [5, 5.41) is 8.98. The summed E-state index contributed by atoms with van der Waals surface area (Å²) in [5.74, 6) is -1.15. The van der Waals surface area contributed by atoms with Crippen LogP contribution in [0.25, 0.3) is 6.08 Å². The fraction of sp³-hybridized carbons (Fsp3) is 0. The molecule has 2 N–H and O–H groups in total. The lowest BCUT2D eigenvalue weighted by Gasteiger charge is -2.12. The smallest absolute Gasteiger partial charge is 0.335 e.